The van der Waals surface area contributed by atoms with Crippen molar-refractivity contribution in [2.24, 2.45) is 5.73 Å². The van der Waals surface area contributed by atoms with Crippen molar-refractivity contribution in [1.82, 2.24) is 15.1 Å². The molecule has 198 valence electrons. The first kappa shape index (κ1) is 27.4. The van der Waals surface area contributed by atoms with Gasteiger partial charge in [0.2, 0.25) is 11.8 Å². The minimum absolute atomic E-state index is 0.0430. The van der Waals surface area contributed by atoms with Crippen LogP contribution in [0.2, 0.25) is 0 Å². The number of ether oxygens (including phenoxy) is 2. The van der Waals surface area contributed by atoms with Crippen LogP contribution < -0.4 is 11.1 Å². The number of alkyl carbamates (subject to hydrolysis) is 1. The Kier molecular flexibility index (Phi) is 8.94. The average Bonchev–Trinajstić information content (AvgIpc) is 3.16. The van der Waals surface area contributed by atoms with Gasteiger partial charge in [-0.05, 0) is 52.0 Å². The number of hydrogen-bond donors (Lipinski definition) is 2. The zero-order chi connectivity index (χ0) is 26.5. The van der Waals surface area contributed by atoms with Crippen molar-refractivity contribution < 1.29 is 28.7 Å². The molecule has 36 heavy (non-hydrogen) atoms. The number of hydrogen-bond acceptors (Lipinski definition) is 7. The van der Waals surface area contributed by atoms with Crippen molar-refractivity contribution in [2.45, 2.75) is 82.6 Å². The molecule has 0 spiro atoms. The highest BCUT2D eigenvalue weighted by molar-refractivity contribution is 5.91. The molecule has 2 aliphatic heterocycles. The Morgan fingerprint density at radius 2 is 1.89 bits per heavy atom. The van der Waals surface area contributed by atoms with E-state index in [0.717, 1.165) is 12.8 Å². The Morgan fingerprint density at radius 1 is 1.19 bits per heavy atom. The molecule has 0 aromatic heterocycles. The van der Waals surface area contributed by atoms with Gasteiger partial charge in [-0.25, -0.2) is 9.59 Å². The number of nitrogens with zero attached hydrogens (tertiary/aromatic N) is 2. The van der Waals surface area contributed by atoms with Gasteiger partial charge < -0.3 is 25.4 Å². The Morgan fingerprint density at radius 3 is 2.50 bits per heavy atom. The number of carbonyl (C=O) groups excluding carboxylic acids is 4. The first-order valence-electron chi connectivity index (χ1n) is 12.4. The third-order valence-electron chi connectivity index (χ3n) is 6.65. The van der Waals surface area contributed by atoms with Crippen molar-refractivity contribution in [3.05, 3.63) is 35.9 Å². The molecule has 0 saturated carbocycles. The highest BCUT2D eigenvalue weighted by Crippen LogP contribution is 2.31. The summed E-state index contributed by atoms with van der Waals surface area (Å²) in [5.41, 5.74) is 5.95. The van der Waals surface area contributed by atoms with Gasteiger partial charge in [0.1, 0.15) is 11.6 Å². The molecular weight excluding hydrogens is 464 g/mol. The second-order valence-electron chi connectivity index (χ2n) is 10.5. The van der Waals surface area contributed by atoms with Crippen molar-refractivity contribution in [3.63, 3.8) is 0 Å². The first-order chi connectivity index (χ1) is 17.0. The van der Waals surface area contributed by atoms with E-state index in [2.05, 4.69) is 22.3 Å². The lowest BCUT2D eigenvalue weighted by Gasteiger charge is -2.31. The number of primary amides is 1. The number of fused-ring (bicyclic) bond motifs is 1. The fraction of sp³-hybridized carbons (Fsp3) is 0.615. The number of nitrogens with two attached hydrogens (primary N) is 1. The summed E-state index contributed by atoms with van der Waals surface area (Å²) in [7, 11) is 1.23. The molecule has 3 N–H and O–H groups in total. The third kappa shape index (κ3) is 7.19. The maximum Gasteiger partial charge on any atom is 0.407 e. The van der Waals surface area contributed by atoms with Crippen LogP contribution in [0.15, 0.2) is 30.3 Å². The molecule has 2 fully saturated rings. The maximum absolute atomic E-state index is 13.7. The smallest absolute Gasteiger partial charge is 0.407 e. The van der Waals surface area contributed by atoms with E-state index in [9.17, 15) is 19.2 Å². The molecule has 2 saturated heterocycles. The van der Waals surface area contributed by atoms with E-state index in [1.807, 2.05) is 18.2 Å². The van der Waals surface area contributed by atoms with Gasteiger partial charge in [0.05, 0.1) is 19.6 Å². The van der Waals surface area contributed by atoms with Crippen LogP contribution in [0.1, 0.15) is 52.0 Å². The lowest BCUT2D eigenvalue weighted by atomic mass is 10.0. The number of esters is 1. The van der Waals surface area contributed by atoms with Crippen LogP contribution in [0.4, 0.5) is 4.79 Å². The Labute approximate surface area is 212 Å². The number of carbonyl (C=O) groups is 4. The van der Waals surface area contributed by atoms with Gasteiger partial charge in [-0.2, -0.15) is 0 Å². The molecule has 2 aliphatic rings. The summed E-state index contributed by atoms with van der Waals surface area (Å²) in [4.78, 5) is 54.0. The molecule has 10 heteroatoms. The van der Waals surface area contributed by atoms with Crippen LogP contribution in [-0.2, 0) is 30.3 Å². The van der Waals surface area contributed by atoms with E-state index < -0.39 is 35.7 Å². The fourth-order valence-electron chi connectivity index (χ4n) is 5.09. The first-order valence-corrected chi connectivity index (χ1v) is 12.4. The predicted molar refractivity (Wildman–Crippen MR) is 133 cm³/mol. The van der Waals surface area contributed by atoms with E-state index in [1.54, 1.807) is 20.8 Å². The molecule has 1 aromatic carbocycles. The van der Waals surface area contributed by atoms with E-state index in [4.69, 9.17) is 15.2 Å². The Balaban J connectivity index is 1.83. The minimum atomic E-state index is -1.08. The molecule has 4 atom stereocenters. The maximum atomic E-state index is 13.7. The quantitative estimate of drug-likeness (QED) is 0.516. The molecule has 0 radical (unpaired) electrons. The number of aryl methyl sites for hydroxylation is 1. The SMILES string of the molecule is COC(=O)[C@@H](CC(N)=O)N1CCC(CCc2ccccc2)N2C[C@H](NC(=O)OC(C)(C)C)C[C@H]2C1=O. The van der Waals surface area contributed by atoms with Gasteiger partial charge in [0.25, 0.3) is 0 Å². The largest absolute Gasteiger partial charge is 0.467 e. The Bertz CT molecular complexity index is 948. The number of nitrogens with one attached hydrogen (secondary N) is 1. The normalized spacial score (nSPS) is 23.4. The summed E-state index contributed by atoms with van der Waals surface area (Å²) in [5.74, 6) is -1.61. The summed E-state index contributed by atoms with van der Waals surface area (Å²) in [6, 6.07) is 8.24. The lowest BCUT2D eigenvalue weighted by Crippen LogP contribution is -2.52. The zero-order valence-electron chi connectivity index (χ0n) is 21.6. The van der Waals surface area contributed by atoms with Crippen molar-refractivity contribution in [3.8, 4) is 0 Å². The van der Waals surface area contributed by atoms with Gasteiger partial charge in [0, 0.05) is 25.2 Å². The summed E-state index contributed by atoms with van der Waals surface area (Å²) in [6.45, 7) is 6.17. The molecule has 1 aromatic rings. The molecule has 3 amide bonds. The molecule has 2 heterocycles. The lowest BCUT2D eigenvalue weighted by molar-refractivity contribution is -0.155. The third-order valence-corrected chi connectivity index (χ3v) is 6.65. The highest BCUT2D eigenvalue weighted by atomic mass is 16.6. The van der Waals surface area contributed by atoms with Crippen LogP contribution in [-0.4, -0.2) is 83.6 Å². The van der Waals surface area contributed by atoms with Gasteiger partial charge in [-0.3, -0.25) is 14.5 Å². The second kappa shape index (κ2) is 11.7. The minimum Gasteiger partial charge on any atom is -0.467 e. The molecular formula is C26H38N4O6. The van der Waals surface area contributed by atoms with Crippen molar-refractivity contribution >= 4 is 23.9 Å². The van der Waals surface area contributed by atoms with E-state index in [0.29, 0.717) is 25.9 Å². The molecule has 3 rings (SSSR count). The molecule has 0 bridgehead atoms. The van der Waals surface area contributed by atoms with Gasteiger partial charge in [0.15, 0.2) is 0 Å². The summed E-state index contributed by atoms with van der Waals surface area (Å²) < 4.78 is 10.3. The van der Waals surface area contributed by atoms with Crippen LogP contribution >= 0.6 is 0 Å². The molecule has 1 unspecified atom stereocenters. The zero-order valence-corrected chi connectivity index (χ0v) is 21.6. The predicted octanol–water partition coefficient (Wildman–Crippen LogP) is 1.60. The van der Waals surface area contributed by atoms with Gasteiger partial charge in [-0.15, -0.1) is 0 Å². The topological polar surface area (TPSA) is 131 Å². The van der Waals surface area contributed by atoms with Crippen LogP contribution in [0.3, 0.4) is 0 Å². The number of rotatable bonds is 8. The average molecular weight is 503 g/mol. The second-order valence-corrected chi connectivity index (χ2v) is 10.5. The van der Waals surface area contributed by atoms with Crippen LogP contribution in [0.5, 0.6) is 0 Å². The monoisotopic (exact) mass is 502 g/mol. The van der Waals surface area contributed by atoms with Crippen LogP contribution in [0, 0.1) is 0 Å². The number of methoxy groups -OCH3 is 1. The molecule has 0 aliphatic carbocycles. The summed E-state index contributed by atoms with van der Waals surface area (Å²) >= 11 is 0. The van der Waals surface area contributed by atoms with Gasteiger partial charge in [-0.1, -0.05) is 30.3 Å². The van der Waals surface area contributed by atoms with Crippen molar-refractivity contribution in [2.75, 3.05) is 20.2 Å². The van der Waals surface area contributed by atoms with Crippen LogP contribution in [0.25, 0.3) is 0 Å². The number of amides is 3. The van der Waals surface area contributed by atoms with Gasteiger partial charge >= 0.3 is 12.1 Å². The van der Waals surface area contributed by atoms with E-state index in [-0.39, 0.29) is 24.4 Å². The summed E-state index contributed by atoms with van der Waals surface area (Å²) in [5, 5.41) is 2.90. The molecule has 10 nitrogen and oxygen atoms in total. The standard InChI is InChI=1S/C26H38N4O6/c1-26(2,3)36-25(34)28-18-14-20-23(32)29(21(15-22(27)31)24(33)35-4)13-12-19(30(20)16-18)11-10-17-8-6-5-7-9-17/h5-9,18-21H,10-16H2,1-4H3,(H2,27,31)(H,28,34)/t18-,19?,20+,21-/m1/s1. The summed E-state index contributed by atoms with van der Waals surface area (Å²) in [6.07, 6.45) is 1.78. The number of benzene rings is 1. The fourth-order valence-corrected chi connectivity index (χ4v) is 5.09. The Hall–Kier alpha value is -3.14. The highest BCUT2D eigenvalue weighted by Gasteiger charge is 2.47. The van der Waals surface area contributed by atoms with Crippen molar-refractivity contribution in [1.29, 1.82) is 0 Å². The van der Waals surface area contributed by atoms with E-state index >= 15 is 0 Å². The van der Waals surface area contributed by atoms with E-state index in [1.165, 1.54) is 17.6 Å².